The van der Waals surface area contributed by atoms with E-state index in [0.717, 1.165) is 10.3 Å². The summed E-state index contributed by atoms with van der Waals surface area (Å²) >= 11 is 0. The summed E-state index contributed by atoms with van der Waals surface area (Å²) < 4.78 is 2.22. The van der Waals surface area contributed by atoms with Gasteiger partial charge in [0.05, 0.1) is 0 Å². The topological polar surface area (TPSA) is 88.9 Å². The highest BCUT2D eigenvalue weighted by molar-refractivity contribution is 5.97. The highest BCUT2D eigenvalue weighted by Crippen LogP contribution is 2.19. The number of hydrogen-bond acceptors (Lipinski definition) is 4. The number of benzene rings is 1. The molecule has 0 aliphatic rings. The van der Waals surface area contributed by atoms with Crippen molar-refractivity contribution >= 4 is 23.2 Å². The zero-order chi connectivity index (χ0) is 18.7. The van der Waals surface area contributed by atoms with Crippen LogP contribution in [0, 0.1) is 0 Å². The first kappa shape index (κ1) is 18.3. The number of anilines is 2. The Balaban J connectivity index is 2.71. The lowest BCUT2D eigenvalue weighted by Gasteiger charge is -2.29. The SMILES string of the molecule is CCN(C(=Nc1c(N)n(C)c(=O)n(C)c1=O)N(C)C)c1ccccc1. The molecule has 134 valence electrons. The Bertz CT molecular complexity index is 896. The molecule has 0 saturated carbocycles. The third-order valence-electron chi connectivity index (χ3n) is 3.92. The van der Waals surface area contributed by atoms with Crippen LogP contribution in [0.5, 0.6) is 0 Å². The minimum absolute atomic E-state index is 0.0385. The molecule has 0 fully saturated rings. The molecule has 8 heteroatoms. The molecule has 2 aromatic rings. The first-order chi connectivity index (χ1) is 11.8. The number of nitrogens with two attached hydrogens (primary N) is 1. The van der Waals surface area contributed by atoms with Crippen LogP contribution < -0.4 is 21.9 Å². The molecule has 1 aromatic heterocycles. The standard InChI is InChI=1S/C17H24N6O2/c1-6-23(12-10-8-7-9-11-12)16(20(2)3)19-13-14(18)21(4)17(25)22(5)15(13)24/h7-11H,6,18H2,1-5H3. The summed E-state index contributed by atoms with van der Waals surface area (Å²) in [4.78, 5) is 32.8. The fourth-order valence-corrected chi connectivity index (χ4v) is 2.50. The van der Waals surface area contributed by atoms with E-state index in [-0.39, 0.29) is 11.5 Å². The number of aromatic nitrogens is 2. The van der Waals surface area contributed by atoms with E-state index in [1.807, 2.05) is 56.3 Å². The smallest absolute Gasteiger partial charge is 0.332 e. The predicted molar refractivity (Wildman–Crippen MR) is 102 cm³/mol. The maximum absolute atomic E-state index is 12.5. The molecular formula is C17H24N6O2. The lowest BCUT2D eigenvalue weighted by molar-refractivity contribution is 0.603. The summed E-state index contributed by atoms with van der Waals surface area (Å²) in [5.74, 6) is 0.590. The van der Waals surface area contributed by atoms with Crippen LogP contribution in [0.25, 0.3) is 0 Å². The van der Waals surface area contributed by atoms with Crippen LogP contribution in [0.4, 0.5) is 17.2 Å². The Morgan fingerprint density at radius 3 is 2.24 bits per heavy atom. The van der Waals surface area contributed by atoms with Crippen molar-refractivity contribution in [3.63, 3.8) is 0 Å². The second-order valence-corrected chi connectivity index (χ2v) is 5.83. The molecule has 1 aromatic carbocycles. The third-order valence-corrected chi connectivity index (χ3v) is 3.92. The van der Waals surface area contributed by atoms with Crippen LogP contribution in [-0.2, 0) is 14.1 Å². The van der Waals surface area contributed by atoms with Gasteiger partial charge in [0, 0.05) is 40.4 Å². The molecule has 25 heavy (non-hydrogen) atoms. The predicted octanol–water partition coefficient (Wildman–Crippen LogP) is 0.742. The van der Waals surface area contributed by atoms with Gasteiger partial charge in [-0.1, -0.05) is 18.2 Å². The van der Waals surface area contributed by atoms with Crippen LogP contribution in [0.2, 0.25) is 0 Å². The van der Waals surface area contributed by atoms with Crippen molar-refractivity contribution in [2.24, 2.45) is 19.1 Å². The Morgan fingerprint density at radius 2 is 1.72 bits per heavy atom. The highest BCUT2D eigenvalue weighted by Gasteiger charge is 2.18. The number of nitrogen functional groups attached to an aromatic ring is 1. The second-order valence-electron chi connectivity index (χ2n) is 5.83. The fraction of sp³-hybridized carbons (Fsp3) is 0.353. The van der Waals surface area contributed by atoms with Gasteiger partial charge >= 0.3 is 5.69 Å². The molecule has 8 nitrogen and oxygen atoms in total. The Hall–Kier alpha value is -3.03. The average Bonchev–Trinajstić information content (AvgIpc) is 2.61. The van der Waals surface area contributed by atoms with Crippen LogP contribution >= 0.6 is 0 Å². The molecule has 0 unspecified atom stereocenters. The number of guanidine groups is 1. The summed E-state index contributed by atoms with van der Waals surface area (Å²) in [5.41, 5.74) is 5.97. The summed E-state index contributed by atoms with van der Waals surface area (Å²) in [5, 5.41) is 0. The lowest BCUT2D eigenvalue weighted by atomic mass is 10.3. The second kappa shape index (κ2) is 7.25. The molecule has 0 radical (unpaired) electrons. The number of rotatable bonds is 3. The molecule has 0 atom stereocenters. The minimum atomic E-state index is -0.524. The van der Waals surface area contributed by atoms with E-state index >= 15 is 0 Å². The maximum atomic E-state index is 12.5. The fourth-order valence-electron chi connectivity index (χ4n) is 2.50. The van der Waals surface area contributed by atoms with Crippen molar-refractivity contribution in [2.75, 3.05) is 31.3 Å². The summed E-state index contributed by atoms with van der Waals surface area (Å²) in [6.07, 6.45) is 0. The van der Waals surface area contributed by atoms with Gasteiger partial charge < -0.3 is 15.5 Å². The van der Waals surface area contributed by atoms with Gasteiger partial charge in [0.25, 0.3) is 5.56 Å². The van der Waals surface area contributed by atoms with Crippen molar-refractivity contribution in [3.8, 4) is 0 Å². The molecule has 0 saturated heterocycles. The van der Waals surface area contributed by atoms with E-state index in [1.165, 1.54) is 18.7 Å². The van der Waals surface area contributed by atoms with Crippen molar-refractivity contribution < 1.29 is 0 Å². The molecule has 2 N–H and O–H groups in total. The van der Waals surface area contributed by atoms with Gasteiger partial charge in [0.15, 0.2) is 5.69 Å². The highest BCUT2D eigenvalue weighted by atomic mass is 16.2. The van der Waals surface area contributed by atoms with E-state index in [0.29, 0.717) is 12.5 Å². The molecular weight excluding hydrogens is 320 g/mol. The molecule has 0 aliphatic carbocycles. The summed E-state index contributed by atoms with van der Waals surface area (Å²) in [6, 6.07) is 9.73. The Kier molecular flexibility index (Phi) is 5.31. The Labute approximate surface area is 146 Å². The van der Waals surface area contributed by atoms with Crippen molar-refractivity contribution in [1.29, 1.82) is 0 Å². The maximum Gasteiger partial charge on any atom is 0.332 e. The quantitative estimate of drug-likeness (QED) is 0.655. The number of hydrogen-bond donors (Lipinski definition) is 1. The van der Waals surface area contributed by atoms with Crippen LogP contribution in [0.1, 0.15) is 6.92 Å². The van der Waals surface area contributed by atoms with Gasteiger partial charge in [-0.15, -0.1) is 0 Å². The third kappa shape index (κ3) is 3.42. The van der Waals surface area contributed by atoms with E-state index in [9.17, 15) is 9.59 Å². The number of aliphatic imine (C=N–C) groups is 1. The van der Waals surface area contributed by atoms with Crippen molar-refractivity contribution in [2.45, 2.75) is 6.92 Å². The first-order valence-electron chi connectivity index (χ1n) is 7.93. The van der Waals surface area contributed by atoms with Gasteiger partial charge in [-0.05, 0) is 19.1 Å². The zero-order valence-corrected chi connectivity index (χ0v) is 15.2. The molecule has 0 amide bonds. The van der Waals surface area contributed by atoms with Gasteiger partial charge in [-0.3, -0.25) is 13.9 Å². The molecule has 0 bridgehead atoms. The number of para-hydroxylation sites is 1. The van der Waals surface area contributed by atoms with E-state index in [4.69, 9.17) is 5.73 Å². The first-order valence-corrected chi connectivity index (χ1v) is 7.93. The van der Waals surface area contributed by atoms with Crippen molar-refractivity contribution in [1.82, 2.24) is 14.0 Å². The normalized spacial score (nSPS) is 11.5. The van der Waals surface area contributed by atoms with Crippen molar-refractivity contribution in [3.05, 3.63) is 51.2 Å². The van der Waals surface area contributed by atoms with E-state index < -0.39 is 11.2 Å². The minimum Gasteiger partial charge on any atom is -0.383 e. The lowest BCUT2D eigenvalue weighted by Crippen LogP contribution is -2.42. The largest absolute Gasteiger partial charge is 0.383 e. The van der Waals surface area contributed by atoms with Gasteiger partial charge in [0.1, 0.15) is 5.82 Å². The average molecular weight is 344 g/mol. The molecule has 0 aliphatic heterocycles. The van der Waals surface area contributed by atoms with Crippen LogP contribution in [0.15, 0.2) is 44.9 Å². The summed E-state index contributed by atoms with van der Waals surface area (Å²) in [6.45, 7) is 2.64. The molecule has 2 rings (SSSR count). The van der Waals surface area contributed by atoms with Gasteiger partial charge in [0.2, 0.25) is 5.96 Å². The van der Waals surface area contributed by atoms with E-state index in [2.05, 4.69) is 4.99 Å². The summed E-state index contributed by atoms with van der Waals surface area (Å²) in [7, 11) is 6.60. The monoisotopic (exact) mass is 344 g/mol. The zero-order valence-electron chi connectivity index (χ0n) is 15.2. The van der Waals surface area contributed by atoms with Crippen LogP contribution in [-0.4, -0.2) is 40.6 Å². The molecule has 1 heterocycles. The van der Waals surface area contributed by atoms with Crippen LogP contribution in [0.3, 0.4) is 0 Å². The van der Waals surface area contributed by atoms with Gasteiger partial charge in [-0.2, -0.15) is 0 Å². The molecule has 0 spiro atoms. The van der Waals surface area contributed by atoms with Gasteiger partial charge in [-0.25, -0.2) is 9.79 Å². The number of nitrogens with zero attached hydrogens (tertiary/aromatic N) is 5. The Morgan fingerprint density at radius 1 is 1.12 bits per heavy atom. The van der Waals surface area contributed by atoms with E-state index in [1.54, 1.807) is 4.90 Å².